The number of hydrogen-bond acceptors (Lipinski definition) is 3. The fourth-order valence-electron chi connectivity index (χ4n) is 1.51. The minimum atomic E-state index is -4.71. The maximum Gasteiger partial charge on any atom is 0.434 e. The van der Waals surface area contributed by atoms with Crippen LogP contribution in [0.3, 0.4) is 0 Å². The molecule has 19 heavy (non-hydrogen) atoms. The van der Waals surface area contributed by atoms with E-state index in [2.05, 4.69) is 10.3 Å². The number of alkyl halides is 3. The maximum atomic E-state index is 12.7. The van der Waals surface area contributed by atoms with Crippen molar-refractivity contribution in [2.75, 3.05) is 0 Å². The van der Waals surface area contributed by atoms with Gasteiger partial charge in [-0.3, -0.25) is 9.78 Å². The van der Waals surface area contributed by atoms with Gasteiger partial charge in [0.15, 0.2) is 5.69 Å². The zero-order valence-corrected chi connectivity index (χ0v) is 10.2. The Bertz CT molecular complexity index is 494. The molecule has 0 saturated heterocycles. The van der Waals surface area contributed by atoms with E-state index in [1.807, 2.05) is 13.0 Å². The van der Waals surface area contributed by atoms with Gasteiger partial charge in [-0.2, -0.15) is 18.4 Å². The SMILES string of the molecule is CCC[C@@H](C#N)NC(=O)c1cccnc1C(F)(F)F. The van der Waals surface area contributed by atoms with Crippen LogP contribution < -0.4 is 5.32 Å². The van der Waals surface area contributed by atoms with Crippen molar-refractivity contribution >= 4 is 5.91 Å². The smallest absolute Gasteiger partial charge is 0.336 e. The number of nitriles is 1. The van der Waals surface area contributed by atoms with Crippen LogP contribution in [-0.4, -0.2) is 16.9 Å². The molecule has 0 saturated carbocycles. The number of aromatic nitrogens is 1. The van der Waals surface area contributed by atoms with Crippen LogP contribution in [0, 0.1) is 11.3 Å². The summed E-state index contributed by atoms with van der Waals surface area (Å²) in [5.41, 5.74) is -1.83. The number of nitrogens with zero attached hydrogens (tertiary/aromatic N) is 2. The highest BCUT2D eigenvalue weighted by molar-refractivity contribution is 5.95. The Labute approximate surface area is 108 Å². The molecule has 0 fully saturated rings. The van der Waals surface area contributed by atoms with Crippen molar-refractivity contribution in [3.63, 3.8) is 0 Å². The van der Waals surface area contributed by atoms with Gasteiger partial charge in [-0.1, -0.05) is 13.3 Å². The number of pyridine rings is 1. The molecular formula is C12H12F3N3O. The fourth-order valence-corrected chi connectivity index (χ4v) is 1.51. The third kappa shape index (κ3) is 3.95. The molecule has 0 bridgehead atoms. The zero-order chi connectivity index (χ0) is 14.5. The van der Waals surface area contributed by atoms with Crippen molar-refractivity contribution in [3.8, 4) is 6.07 Å². The van der Waals surface area contributed by atoms with E-state index in [0.29, 0.717) is 12.8 Å². The third-order valence-corrected chi connectivity index (χ3v) is 2.36. The Morgan fingerprint density at radius 1 is 1.58 bits per heavy atom. The van der Waals surface area contributed by atoms with Crippen LogP contribution in [0.15, 0.2) is 18.3 Å². The van der Waals surface area contributed by atoms with Gasteiger partial charge in [-0.25, -0.2) is 0 Å². The van der Waals surface area contributed by atoms with Crippen LogP contribution in [0.1, 0.15) is 35.8 Å². The Morgan fingerprint density at radius 3 is 2.79 bits per heavy atom. The molecule has 0 aromatic carbocycles. The molecule has 1 heterocycles. The normalized spacial score (nSPS) is 12.6. The van der Waals surface area contributed by atoms with Crippen molar-refractivity contribution < 1.29 is 18.0 Å². The van der Waals surface area contributed by atoms with Gasteiger partial charge in [0, 0.05) is 6.20 Å². The van der Waals surface area contributed by atoms with Crippen molar-refractivity contribution in [1.29, 1.82) is 5.26 Å². The minimum absolute atomic E-state index is 0.379. The van der Waals surface area contributed by atoms with Crippen molar-refractivity contribution in [1.82, 2.24) is 10.3 Å². The summed E-state index contributed by atoms with van der Waals surface area (Å²) in [5, 5.41) is 11.0. The van der Waals surface area contributed by atoms with Crippen molar-refractivity contribution in [3.05, 3.63) is 29.6 Å². The predicted molar refractivity (Wildman–Crippen MR) is 61.0 cm³/mol. The number of halogens is 3. The first kappa shape index (κ1) is 15.0. The second kappa shape index (κ2) is 6.18. The zero-order valence-electron chi connectivity index (χ0n) is 10.2. The molecule has 4 nitrogen and oxygen atoms in total. The molecule has 1 amide bonds. The van der Waals surface area contributed by atoms with Crippen LogP contribution >= 0.6 is 0 Å². The summed E-state index contributed by atoms with van der Waals surface area (Å²) in [5.74, 6) is -0.944. The Kier molecular flexibility index (Phi) is 4.87. The highest BCUT2D eigenvalue weighted by Gasteiger charge is 2.37. The first-order valence-corrected chi connectivity index (χ1v) is 5.62. The average molecular weight is 271 g/mol. The van der Waals surface area contributed by atoms with Gasteiger partial charge in [0.05, 0.1) is 11.6 Å². The molecule has 0 radical (unpaired) electrons. The molecule has 0 aliphatic heterocycles. The molecule has 0 aliphatic carbocycles. The quantitative estimate of drug-likeness (QED) is 0.915. The van der Waals surface area contributed by atoms with Gasteiger partial charge in [-0.05, 0) is 18.6 Å². The van der Waals surface area contributed by atoms with Crippen molar-refractivity contribution in [2.45, 2.75) is 32.0 Å². The first-order chi connectivity index (χ1) is 8.90. The van der Waals surface area contributed by atoms with Crippen LogP contribution in [0.25, 0.3) is 0 Å². The number of carbonyl (C=O) groups excluding carboxylic acids is 1. The molecule has 0 unspecified atom stereocenters. The summed E-state index contributed by atoms with van der Waals surface area (Å²) in [6, 6.07) is 3.30. The number of rotatable bonds is 4. The molecule has 0 aliphatic rings. The molecule has 1 aromatic rings. The van der Waals surface area contributed by atoms with Gasteiger partial charge in [-0.15, -0.1) is 0 Å². The number of nitrogens with one attached hydrogen (secondary N) is 1. The highest BCUT2D eigenvalue weighted by atomic mass is 19.4. The lowest BCUT2D eigenvalue weighted by atomic mass is 10.1. The van der Waals surface area contributed by atoms with E-state index < -0.39 is 29.4 Å². The van der Waals surface area contributed by atoms with Gasteiger partial charge >= 0.3 is 6.18 Å². The standard InChI is InChI=1S/C12H12F3N3O/c1-2-4-8(7-16)18-11(19)9-5-3-6-17-10(9)12(13,14)15/h3,5-6,8H,2,4H2,1H3,(H,18,19)/t8-/m0/s1. The van der Waals surface area contributed by atoms with E-state index in [0.717, 1.165) is 12.3 Å². The largest absolute Gasteiger partial charge is 0.434 e. The van der Waals surface area contributed by atoms with Gasteiger partial charge in [0.2, 0.25) is 0 Å². The van der Waals surface area contributed by atoms with Gasteiger partial charge in [0.25, 0.3) is 5.91 Å². The van der Waals surface area contributed by atoms with Crippen LogP contribution in [0.2, 0.25) is 0 Å². The second-order valence-corrected chi connectivity index (χ2v) is 3.84. The Balaban J connectivity index is 2.98. The number of amides is 1. The summed E-state index contributed by atoms with van der Waals surface area (Å²) in [6.07, 6.45) is -2.73. The minimum Gasteiger partial charge on any atom is -0.336 e. The number of carbonyl (C=O) groups is 1. The van der Waals surface area contributed by atoms with E-state index in [-0.39, 0.29) is 0 Å². The van der Waals surface area contributed by atoms with Gasteiger partial charge in [0.1, 0.15) is 6.04 Å². The monoisotopic (exact) mass is 271 g/mol. The summed E-state index contributed by atoms with van der Waals surface area (Å²) in [4.78, 5) is 14.9. The fraction of sp³-hybridized carbons (Fsp3) is 0.417. The molecule has 102 valence electrons. The summed E-state index contributed by atoms with van der Waals surface area (Å²) >= 11 is 0. The summed E-state index contributed by atoms with van der Waals surface area (Å²) in [7, 11) is 0. The lowest BCUT2D eigenvalue weighted by molar-refractivity contribution is -0.141. The van der Waals surface area contributed by atoms with Gasteiger partial charge < -0.3 is 5.32 Å². The van der Waals surface area contributed by atoms with Crippen LogP contribution in [0.5, 0.6) is 0 Å². The predicted octanol–water partition coefficient (Wildman–Crippen LogP) is 2.52. The molecular weight excluding hydrogens is 259 g/mol. The average Bonchev–Trinajstić information content (AvgIpc) is 2.37. The lowest BCUT2D eigenvalue weighted by Gasteiger charge is -2.13. The summed E-state index contributed by atoms with van der Waals surface area (Å²) < 4.78 is 38.0. The maximum absolute atomic E-state index is 12.7. The summed E-state index contributed by atoms with van der Waals surface area (Å²) in [6.45, 7) is 1.81. The van der Waals surface area contributed by atoms with E-state index in [1.165, 1.54) is 6.07 Å². The molecule has 1 rings (SSSR count). The third-order valence-electron chi connectivity index (χ3n) is 2.36. The molecule has 1 aromatic heterocycles. The van der Waals surface area contributed by atoms with E-state index in [4.69, 9.17) is 5.26 Å². The first-order valence-electron chi connectivity index (χ1n) is 5.62. The van der Waals surface area contributed by atoms with E-state index in [1.54, 1.807) is 0 Å². The molecule has 1 N–H and O–H groups in total. The molecule has 1 atom stereocenters. The highest BCUT2D eigenvalue weighted by Crippen LogP contribution is 2.29. The Morgan fingerprint density at radius 2 is 2.26 bits per heavy atom. The van der Waals surface area contributed by atoms with E-state index in [9.17, 15) is 18.0 Å². The molecule has 0 spiro atoms. The molecule has 7 heteroatoms. The second-order valence-electron chi connectivity index (χ2n) is 3.84. The van der Waals surface area contributed by atoms with Crippen LogP contribution in [0.4, 0.5) is 13.2 Å². The van der Waals surface area contributed by atoms with Crippen LogP contribution in [-0.2, 0) is 6.18 Å². The number of hydrogen-bond donors (Lipinski definition) is 1. The van der Waals surface area contributed by atoms with Crippen molar-refractivity contribution in [2.24, 2.45) is 0 Å². The Hall–Kier alpha value is -2.10. The topological polar surface area (TPSA) is 65.8 Å². The van der Waals surface area contributed by atoms with E-state index >= 15 is 0 Å². The lowest BCUT2D eigenvalue weighted by Crippen LogP contribution is -2.35.